The molecule has 0 spiro atoms. The van der Waals surface area contributed by atoms with Crippen molar-refractivity contribution in [3.8, 4) is 0 Å². The Morgan fingerprint density at radius 3 is 2.33 bits per heavy atom. The second-order valence-corrected chi connectivity index (χ2v) is 9.36. The quantitative estimate of drug-likeness (QED) is 0.650. The van der Waals surface area contributed by atoms with Gasteiger partial charge in [0.05, 0.1) is 11.9 Å². The van der Waals surface area contributed by atoms with Crippen LogP contribution in [-0.4, -0.2) is 38.9 Å². The highest BCUT2D eigenvalue weighted by Crippen LogP contribution is 2.20. The molecular weight excluding hydrogens is 380 g/mol. The molecule has 0 radical (unpaired) electrons. The van der Waals surface area contributed by atoms with Gasteiger partial charge in [-0.3, -0.25) is 9.10 Å². The number of carbonyl (C=O) groups is 1. The largest absolute Gasteiger partial charge is 0.353 e. The molecule has 2 aromatic carbocycles. The van der Waals surface area contributed by atoms with Crippen LogP contribution in [0, 0.1) is 6.92 Å². The standard InChI is InChI=1S/C20H26N2O3S2/c1-16-9-11-18(12-10-16)15-26-14-13-21-20(23)17(2)22(27(3,24)25)19-7-5-4-6-8-19/h4-12,17H,13-15H2,1-3H3,(H,21,23)/t17-/m0/s1. The Morgan fingerprint density at radius 2 is 1.74 bits per heavy atom. The number of para-hydroxylation sites is 1. The molecule has 0 saturated heterocycles. The van der Waals surface area contributed by atoms with Crippen molar-refractivity contribution < 1.29 is 13.2 Å². The number of carbonyl (C=O) groups excluding carboxylic acids is 1. The molecule has 1 N–H and O–H groups in total. The number of aryl methyl sites for hydroxylation is 1. The second-order valence-electron chi connectivity index (χ2n) is 6.40. The fourth-order valence-electron chi connectivity index (χ4n) is 2.65. The fourth-order valence-corrected chi connectivity index (χ4v) is 4.65. The molecule has 7 heteroatoms. The summed E-state index contributed by atoms with van der Waals surface area (Å²) < 4.78 is 25.5. The van der Waals surface area contributed by atoms with Crippen LogP contribution in [0.5, 0.6) is 0 Å². The van der Waals surface area contributed by atoms with E-state index in [4.69, 9.17) is 0 Å². The molecule has 0 aromatic heterocycles. The van der Waals surface area contributed by atoms with Crippen molar-refractivity contribution in [3.63, 3.8) is 0 Å². The summed E-state index contributed by atoms with van der Waals surface area (Å²) in [7, 11) is -3.57. The summed E-state index contributed by atoms with van der Waals surface area (Å²) in [5.74, 6) is 1.34. The number of thioether (sulfide) groups is 1. The van der Waals surface area contributed by atoms with Crippen molar-refractivity contribution in [2.75, 3.05) is 22.9 Å². The minimum absolute atomic E-state index is 0.305. The highest BCUT2D eigenvalue weighted by molar-refractivity contribution is 7.98. The van der Waals surface area contributed by atoms with Gasteiger partial charge in [-0.15, -0.1) is 0 Å². The summed E-state index contributed by atoms with van der Waals surface area (Å²) in [6, 6.07) is 16.2. The summed E-state index contributed by atoms with van der Waals surface area (Å²) in [6.45, 7) is 4.15. The van der Waals surface area contributed by atoms with Gasteiger partial charge in [0.2, 0.25) is 15.9 Å². The number of hydrogen-bond donors (Lipinski definition) is 1. The van der Waals surface area contributed by atoms with Crippen LogP contribution in [0.15, 0.2) is 54.6 Å². The van der Waals surface area contributed by atoms with E-state index in [1.165, 1.54) is 11.1 Å². The second kappa shape index (κ2) is 9.80. The van der Waals surface area contributed by atoms with Crippen LogP contribution in [0.4, 0.5) is 5.69 Å². The zero-order chi connectivity index (χ0) is 19.9. The Morgan fingerprint density at radius 1 is 1.11 bits per heavy atom. The average molecular weight is 407 g/mol. The van der Waals surface area contributed by atoms with E-state index in [1.807, 2.05) is 0 Å². The topological polar surface area (TPSA) is 66.5 Å². The normalized spacial score (nSPS) is 12.4. The van der Waals surface area contributed by atoms with Gasteiger partial charge < -0.3 is 5.32 Å². The molecule has 0 heterocycles. The lowest BCUT2D eigenvalue weighted by Gasteiger charge is -2.28. The Bertz CT molecular complexity index is 837. The summed E-state index contributed by atoms with van der Waals surface area (Å²) in [6.07, 6.45) is 1.11. The van der Waals surface area contributed by atoms with Gasteiger partial charge in [0, 0.05) is 18.1 Å². The summed E-state index contributed by atoms with van der Waals surface area (Å²) in [5.41, 5.74) is 2.97. The van der Waals surface area contributed by atoms with E-state index in [0.29, 0.717) is 12.2 Å². The maximum Gasteiger partial charge on any atom is 0.243 e. The van der Waals surface area contributed by atoms with Gasteiger partial charge in [-0.2, -0.15) is 11.8 Å². The number of nitrogens with one attached hydrogen (secondary N) is 1. The maximum atomic E-state index is 12.4. The predicted octanol–water partition coefficient (Wildman–Crippen LogP) is 3.20. The Kier molecular flexibility index (Phi) is 7.74. The van der Waals surface area contributed by atoms with Gasteiger partial charge in [0.15, 0.2) is 0 Å². The number of nitrogens with zero attached hydrogens (tertiary/aromatic N) is 1. The molecule has 1 atom stereocenters. The van der Waals surface area contributed by atoms with Crippen LogP contribution < -0.4 is 9.62 Å². The van der Waals surface area contributed by atoms with Crippen molar-refractivity contribution in [2.45, 2.75) is 25.6 Å². The molecule has 0 aliphatic carbocycles. The third kappa shape index (κ3) is 6.59. The van der Waals surface area contributed by atoms with E-state index in [0.717, 1.165) is 22.1 Å². The molecule has 5 nitrogen and oxygen atoms in total. The highest BCUT2D eigenvalue weighted by Gasteiger charge is 2.28. The molecule has 0 aliphatic heterocycles. The van der Waals surface area contributed by atoms with Gasteiger partial charge in [-0.1, -0.05) is 48.0 Å². The van der Waals surface area contributed by atoms with Crippen molar-refractivity contribution in [1.29, 1.82) is 0 Å². The van der Waals surface area contributed by atoms with Gasteiger partial charge in [0.25, 0.3) is 0 Å². The molecular formula is C20H26N2O3S2. The first-order valence-electron chi connectivity index (χ1n) is 8.74. The molecule has 2 aromatic rings. The van der Waals surface area contributed by atoms with Crippen LogP contribution >= 0.6 is 11.8 Å². The third-order valence-corrected chi connectivity index (χ3v) is 6.31. The third-order valence-electron chi connectivity index (χ3n) is 4.03. The van der Waals surface area contributed by atoms with Crippen LogP contribution in [0.2, 0.25) is 0 Å². The Labute approximate surface area is 166 Å². The number of benzene rings is 2. The van der Waals surface area contributed by atoms with Crippen molar-refractivity contribution in [3.05, 3.63) is 65.7 Å². The minimum Gasteiger partial charge on any atom is -0.353 e. The number of sulfonamides is 1. The molecule has 146 valence electrons. The van der Waals surface area contributed by atoms with E-state index in [2.05, 4.69) is 36.5 Å². The molecule has 0 fully saturated rings. The van der Waals surface area contributed by atoms with Crippen LogP contribution in [0.3, 0.4) is 0 Å². The van der Waals surface area contributed by atoms with Crippen molar-refractivity contribution in [2.24, 2.45) is 0 Å². The van der Waals surface area contributed by atoms with Crippen LogP contribution in [0.1, 0.15) is 18.1 Å². The molecule has 0 unspecified atom stereocenters. The monoisotopic (exact) mass is 406 g/mol. The zero-order valence-corrected chi connectivity index (χ0v) is 17.5. The molecule has 1 amide bonds. The lowest BCUT2D eigenvalue weighted by molar-refractivity contribution is -0.121. The van der Waals surface area contributed by atoms with E-state index in [-0.39, 0.29) is 5.91 Å². The van der Waals surface area contributed by atoms with Crippen molar-refractivity contribution in [1.82, 2.24) is 5.32 Å². The maximum absolute atomic E-state index is 12.4. The first kappa shape index (κ1) is 21.3. The van der Waals surface area contributed by atoms with Gasteiger partial charge in [-0.25, -0.2) is 8.42 Å². The molecule has 27 heavy (non-hydrogen) atoms. The highest BCUT2D eigenvalue weighted by atomic mass is 32.2. The molecule has 0 saturated carbocycles. The lowest BCUT2D eigenvalue weighted by atomic mass is 10.2. The predicted molar refractivity (Wildman–Crippen MR) is 114 cm³/mol. The van der Waals surface area contributed by atoms with Crippen LogP contribution in [0.25, 0.3) is 0 Å². The van der Waals surface area contributed by atoms with Crippen molar-refractivity contribution >= 4 is 33.4 Å². The van der Waals surface area contributed by atoms with E-state index >= 15 is 0 Å². The number of anilines is 1. The first-order valence-corrected chi connectivity index (χ1v) is 11.7. The molecule has 0 bridgehead atoms. The zero-order valence-electron chi connectivity index (χ0n) is 15.9. The van der Waals surface area contributed by atoms with Gasteiger partial charge >= 0.3 is 0 Å². The van der Waals surface area contributed by atoms with Crippen LogP contribution in [-0.2, 0) is 20.6 Å². The average Bonchev–Trinajstić information content (AvgIpc) is 2.62. The number of rotatable bonds is 9. The number of hydrogen-bond acceptors (Lipinski definition) is 4. The summed E-state index contributed by atoms with van der Waals surface area (Å²) in [4.78, 5) is 12.4. The first-order chi connectivity index (χ1) is 12.8. The van der Waals surface area contributed by atoms with E-state index < -0.39 is 16.1 Å². The summed E-state index contributed by atoms with van der Waals surface area (Å²) in [5, 5.41) is 2.83. The van der Waals surface area contributed by atoms with Gasteiger partial charge in [-0.05, 0) is 31.5 Å². The lowest BCUT2D eigenvalue weighted by Crippen LogP contribution is -2.48. The van der Waals surface area contributed by atoms with E-state index in [9.17, 15) is 13.2 Å². The smallest absolute Gasteiger partial charge is 0.243 e. The summed E-state index contributed by atoms with van der Waals surface area (Å²) >= 11 is 1.73. The van der Waals surface area contributed by atoms with E-state index in [1.54, 1.807) is 49.0 Å². The molecule has 2 rings (SSSR count). The molecule has 0 aliphatic rings. The Hall–Kier alpha value is -1.99. The van der Waals surface area contributed by atoms with Gasteiger partial charge in [0.1, 0.15) is 6.04 Å². The number of amides is 1. The minimum atomic E-state index is -3.57. The SMILES string of the molecule is Cc1ccc(CSCCNC(=O)[C@H](C)N(c2ccccc2)S(C)(=O)=O)cc1. The fraction of sp³-hybridized carbons (Fsp3) is 0.350. The Balaban J connectivity index is 1.85.